The van der Waals surface area contributed by atoms with Crippen molar-refractivity contribution in [2.45, 2.75) is 6.61 Å². The van der Waals surface area contributed by atoms with Gasteiger partial charge in [0.1, 0.15) is 10.0 Å². The number of ether oxygens (including phenoxy) is 1. The van der Waals surface area contributed by atoms with Crippen LogP contribution in [-0.2, 0) is 6.61 Å². The molecule has 0 aromatic heterocycles. The van der Waals surface area contributed by atoms with Gasteiger partial charge in [0.05, 0.1) is 23.8 Å². The molecular weight excluding hydrogens is 270 g/mol. The first-order valence-electron chi connectivity index (χ1n) is 3.54. The molecule has 0 aliphatic carbocycles. The largest absolute Gasteiger partial charge is 0.494 e. The number of aliphatic hydroxyl groups is 1. The second-order valence-corrected chi connectivity index (χ2v) is 3.94. The van der Waals surface area contributed by atoms with E-state index in [9.17, 15) is 0 Å². The van der Waals surface area contributed by atoms with E-state index in [-0.39, 0.29) is 32.4 Å². The number of hydrogen-bond acceptors (Lipinski definition) is 2. The Morgan fingerprint density at radius 3 is 1.71 bits per heavy atom. The van der Waals surface area contributed by atoms with Crippen LogP contribution in [0.15, 0.2) is 0 Å². The maximum atomic E-state index is 8.98. The van der Waals surface area contributed by atoms with Gasteiger partial charge >= 0.3 is 0 Å². The Labute approximate surface area is 101 Å². The minimum absolute atomic E-state index is 0.146. The van der Waals surface area contributed by atoms with Crippen molar-refractivity contribution in [1.29, 1.82) is 0 Å². The van der Waals surface area contributed by atoms with Crippen LogP contribution in [0.2, 0.25) is 20.1 Å². The van der Waals surface area contributed by atoms with Crippen molar-refractivity contribution in [2.24, 2.45) is 0 Å². The first-order valence-corrected chi connectivity index (χ1v) is 5.05. The molecule has 0 aliphatic heterocycles. The fourth-order valence-electron chi connectivity index (χ4n) is 0.975. The zero-order valence-electron chi connectivity index (χ0n) is 7.07. The van der Waals surface area contributed by atoms with Gasteiger partial charge < -0.3 is 9.84 Å². The van der Waals surface area contributed by atoms with E-state index in [1.165, 1.54) is 7.11 Å². The van der Waals surface area contributed by atoms with Crippen LogP contribution in [0.5, 0.6) is 5.75 Å². The molecule has 14 heavy (non-hydrogen) atoms. The summed E-state index contributed by atoms with van der Waals surface area (Å²) < 4.78 is 4.92. The van der Waals surface area contributed by atoms with E-state index in [1.54, 1.807) is 0 Å². The van der Waals surface area contributed by atoms with Crippen LogP contribution in [0.25, 0.3) is 0 Å². The second-order valence-electron chi connectivity index (χ2n) is 2.43. The predicted molar refractivity (Wildman–Crippen MR) is 59.0 cm³/mol. The van der Waals surface area contributed by atoms with Gasteiger partial charge in [-0.25, -0.2) is 0 Å². The van der Waals surface area contributed by atoms with Gasteiger partial charge in [-0.2, -0.15) is 0 Å². The highest BCUT2D eigenvalue weighted by molar-refractivity contribution is 6.49. The monoisotopic (exact) mass is 274 g/mol. The van der Waals surface area contributed by atoms with Crippen molar-refractivity contribution in [1.82, 2.24) is 0 Å². The van der Waals surface area contributed by atoms with Gasteiger partial charge in [-0.1, -0.05) is 46.4 Å². The van der Waals surface area contributed by atoms with E-state index in [0.29, 0.717) is 5.56 Å². The van der Waals surface area contributed by atoms with Crippen molar-refractivity contribution in [2.75, 3.05) is 7.11 Å². The number of halogens is 4. The number of rotatable bonds is 2. The molecule has 0 heterocycles. The van der Waals surface area contributed by atoms with E-state index in [0.717, 1.165) is 0 Å². The third-order valence-corrected chi connectivity index (χ3v) is 3.43. The Balaban J connectivity index is 3.55. The molecule has 0 amide bonds. The maximum Gasteiger partial charge on any atom is 0.159 e. The summed E-state index contributed by atoms with van der Waals surface area (Å²) in [6.45, 7) is -0.332. The Kier molecular flexibility index (Phi) is 4.16. The molecule has 2 nitrogen and oxygen atoms in total. The van der Waals surface area contributed by atoms with Crippen LogP contribution in [0.3, 0.4) is 0 Å². The lowest BCUT2D eigenvalue weighted by Crippen LogP contribution is -1.94. The SMILES string of the molecule is COc1c(Cl)c(Cl)c(CO)c(Cl)c1Cl. The third-order valence-electron chi connectivity index (χ3n) is 1.68. The molecule has 0 saturated carbocycles. The highest BCUT2D eigenvalue weighted by Crippen LogP contribution is 2.45. The summed E-state index contributed by atoms with van der Waals surface area (Å²) in [6, 6.07) is 0. The molecule has 1 aromatic carbocycles. The van der Waals surface area contributed by atoms with Crippen LogP contribution in [0, 0.1) is 0 Å². The van der Waals surface area contributed by atoms with Crippen molar-refractivity contribution in [3.63, 3.8) is 0 Å². The van der Waals surface area contributed by atoms with E-state index in [2.05, 4.69) is 0 Å². The van der Waals surface area contributed by atoms with E-state index < -0.39 is 0 Å². The number of methoxy groups -OCH3 is 1. The fourth-order valence-corrected chi connectivity index (χ4v) is 2.12. The molecule has 78 valence electrons. The van der Waals surface area contributed by atoms with Gasteiger partial charge in [-0.3, -0.25) is 0 Å². The molecule has 0 spiro atoms. The molecule has 0 bridgehead atoms. The average molecular weight is 276 g/mol. The highest BCUT2D eigenvalue weighted by atomic mass is 35.5. The summed E-state index contributed by atoms with van der Waals surface area (Å²) >= 11 is 23.4. The van der Waals surface area contributed by atoms with Crippen LogP contribution in [0.4, 0.5) is 0 Å². The highest BCUT2D eigenvalue weighted by Gasteiger charge is 2.20. The Morgan fingerprint density at radius 2 is 1.43 bits per heavy atom. The van der Waals surface area contributed by atoms with Crippen molar-refractivity contribution in [3.8, 4) is 5.75 Å². The van der Waals surface area contributed by atoms with Crippen molar-refractivity contribution in [3.05, 3.63) is 25.7 Å². The van der Waals surface area contributed by atoms with Gasteiger partial charge in [0.2, 0.25) is 0 Å². The van der Waals surface area contributed by atoms with Crippen LogP contribution >= 0.6 is 46.4 Å². The summed E-state index contributed by atoms with van der Waals surface area (Å²) in [4.78, 5) is 0. The molecule has 0 unspecified atom stereocenters. The minimum Gasteiger partial charge on any atom is -0.494 e. The average Bonchev–Trinajstić information content (AvgIpc) is 2.17. The molecule has 0 saturated heterocycles. The second kappa shape index (κ2) is 4.77. The quantitative estimate of drug-likeness (QED) is 0.832. The molecule has 1 rings (SSSR count). The van der Waals surface area contributed by atoms with Crippen LogP contribution in [0.1, 0.15) is 5.56 Å². The van der Waals surface area contributed by atoms with Gasteiger partial charge in [0, 0.05) is 5.56 Å². The number of hydrogen-bond donors (Lipinski definition) is 1. The van der Waals surface area contributed by atoms with Crippen molar-refractivity contribution >= 4 is 46.4 Å². The Morgan fingerprint density at radius 1 is 1.00 bits per heavy atom. The molecule has 0 fully saturated rings. The molecule has 0 atom stereocenters. The van der Waals surface area contributed by atoms with E-state index in [1.807, 2.05) is 0 Å². The molecule has 0 aliphatic rings. The normalized spacial score (nSPS) is 10.4. The van der Waals surface area contributed by atoms with E-state index in [4.69, 9.17) is 56.2 Å². The lowest BCUT2D eigenvalue weighted by molar-refractivity contribution is 0.282. The summed E-state index contributed by atoms with van der Waals surface area (Å²) in [6.07, 6.45) is 0. The molecule has 0 radical (unpaired) electrons. The summed E-state index contributed by atoms with van der Waals surface area (Å²) in [5.74, 6) is 0.209. The lowest BCUT2D eigenvalue weighted by atomic mass is 10.2. The summed E-state index contributed by atoms with van der Waals surface area (Å²) in [5.41, 5.74) is 0.295. The zero-order chi connectivity index (χ0) is 10.9. The van der Waals surface area contributed by atoms with E-state index >= 15 is 0 Å². The molecule has 1 aromatic rings. The first kappa shape index (κ1) is 12.2. The van der Waals surface area contributed by atoms with Gasteiger partial charge in [0.25, 0.3) is 0 Å². The number of aliphatic hydroxyl groups excluding tert-OH is 1. The van der Waals surface area contributed by atoms with Gasteiger partial charge in [0.15, 0.2) is 5.75 Å². The predicted octanol–water partition coefficient (Wildman–Crippen LogP) is 3.80. The minimum atomic E-state index is -0.332. The Bertz CT molecular complexity index is 301. The fraction of sp³-hybridized carbons (Fsp3) is 0.250. The van der Waals surface area contributed by atoms with Crippen LogP contribution in [-0.4, -0.2) is 12.2 Å². The smallest absolute Gasteiger partial charge is 0.159 e. The maximum absolute atomic E-state index is 8.98. The summed E-state index contributed by atoms with van der Waals surface area (Å²) in [5, 5.41) is 9.58. The number of benzene rings is 1. The lowest BCUT2D eigenvalue weighted by Gasteiger charge is -2.12. The third kappa shape index (κ3) is 1.90. The molecule has 1 N–H and O–H groups in total. The molecule has 6 heteroatoms. The Hall–Kier alpha value is 0.140. The van der Waals surface area contributed by atoms with Gasteiger partial charge in [-0.15, -0.1) is 0 Å². The topological polar surface area (TPSA) is 29.5 Å². The van der Waals surface area contributed by atoms with Crippen LogP contribution < -0.4 is 4.74 Å². The van der Waals surface area contributed by atoms with Crippen molar-refractivity contribution < 1.29 is 9.84 Å². The standard InChI is InChI=1S/C8H6Cl4O2/c1-14-8-6(11)4(9)3(2-13)5(10)7(8)12/h13H,2H2,1H3. The summed E-state index contributed by atoms with van der Waals surface area (Å²) in [7, 11) is 1.40. The zero-order valence-corrected chi connectivity index (χ0v) is 10.1. The van der Waals surface area contributed by atoms with Gasteiger partial charge in [-0.05, 0) is 0 Å². The first-order chi connectivity index (χ1) is 6.54. The molecular formula is C8H6Cl4O2.